The molecular weight excluding hydrogens is 590 g/mol. The van der Waals surface area contributed by atoms with Crippen LogP contribution >= 0.6 is 27.7 Å². The minimum absolute atomic E-state index is 0.0201. The van der Waals surface area contributed by atoms with Crippen LogP contribution in [0.5, 0.6) is 0 Å². The number of hydrogen-bond donors (Lipinski definition) is 0. The van der Waals surface area contributed by atoms with Gasteiger partial charge in [0, 0.05) is 28.6 Å². The van der Waals surface area contributed by atoms with E-state index in [4.69, 9.17) is 10.2 Å². The highest BCUT2D eigenvalue weighted by Crippen LogP contribution is 2.50. The predicted octanol–water partition coefficient (Wildman–Crippen LogP) is 7.47. The number of nitro benzene ring substituents is 1. The highest BCUT2D eigenvalue weighted by molar-refractivity contribution is 9.10. The first kappa shape index (κ1) is 26.0. The van der Waals surface area contributed by atoms with Crippen molar-refractivity contribution in [1.82, 2.24) is 0 Å². The monoisotopic (exact) mass is 611 g/mol. The number of benzene rings is 4. The zero-order valence-corrected chi connectivity index (χ0v) is 23.5. The molecule has 0 aliphatic carbocycles. The highest BCUT2D eigenvalue weighted by Gasteiger charge is 2.53. The van der Waals surface area contributed by atoms with Crippen LogP contribution in [0.25, 0.3) is 0 Å². The number of thioether (sulfide) groups is 1. The Morgan fingerprint density at radius 2 is 1.43 bits per heavy atom. The van der Waals surface area contributed by atoms with Gasteiger partial charge in [0.25, 0.3) is 5.69 Å². The third-order valence-corrected chi connectivity index (χ3v) is 8.60. The van der Waals surface area contributed by atoms with Gasteiger partial charge in [0.2, 0.25) is 10.8 Å². The fourth-order valence-electron chi connectivity index (χ4n) is 4.77. The molecule has 2 aliphatic rings. The molecule has 1 atom stereocenters. The van der Waals surface area contributed by atoms with Gasteiger partial charge in [-0.2, -0.15) is 10.2 Å². The summed E-state index contributed by atoms with van der Waals surface area (Å²) in [6, 6.07) is 33.1. The van der Waals surface area contributed by atoms with Crippen LogP contribution in [-0.2, 0) is 0 Å². The van der Waals surface area contributed by atoms with Gasteiger partial charge in [-0.25, -0.2) is 10.0 Å². The fraction of sp³-hybridized carbons (Fsp3) is 0.100. The number of carbonyl (C=O) groups excluding carboxylic acids is 1. The molecule has 0 unspecified atom stereocenters. The normalized spacial score (nSPS) is 18.4. The summed E-state index contributed by atoms with van der Waals surface area (Å²) in [7, 11) is 0. The molecule has 2 aliphatic heterocycles. The molecule has 0 N–H and O–H groups in total. The summed E-state index contributed by atoms with van der Waals surface area (Å²) in [5.41, 5.74) is 3.89. The van der Waals surface area contributed by atoms with Gasteiger partial charge in [0.15, 0.2) is 5.04 Å². The predicted molar refractivity (Wildman–Crippen MR) is 163 cm³/mol. The van der Waals surface area contributed by atoms with Gasteiger partial charge >= 0.3 is 0 Å². The first-order valence-corrected chi connectivity index (χ1v) is 14.2. The van der Waals surface area contributed by atoms with E-state index in [0.29, 0.717) is 29.1 Å². The summed E-state index contributed by atoms with van der Waals surface area (Å²) in [5, 5.41) is 25.4. The van der Waals surface area contributed by atoms with E-state index >= 15 is 0 Å². The smallest absolute Gasteiger partial charge is 0.269 e. The highest BCUT2D eigenvalue weighted by atomic mass is 79.9. The number of nitrogens with zero attached hydrogens (tertiary/aromatic N) is 5. The number of ketones is 1. The van der Waals surface area contributed by atoms with E-state index in [1.807, 2.05) is 77.8 Å². The van der Waals surface area contributed by atoms with E-state index in [-0.39, 0.29) is 11.5 Å². The fourth-order valence-corrected chi connectivity index (χ4v) is 6.34. The molecule has 0 bridgehead atoms. The summed E-state index contributed by atoms with van der Waals surface area (Å²) < 4.78 is 0.984. The van der Waals surface area contributed by atoms with Crippen molar-refractivity contribution in [1.29, 1.82) is 0 Å². The topological polar surface area (TPSA) is 91.4 Å². The number of rotatable bonds is 6. The van der Waals surface area contributed by atoms with Crippen LogP contribution in [-0.4, -0.2) is 26.5 Å². The molecule has 0 amide bonds. The lowest BCUT2D eigenvalue weighted by Gasteiger charge is -2.46. The summed E-state index contributed by atoms with van der Waals surface area (Å²) >= 11 is 4.86. The Balaban J connectivity index is 1.49. The molecule has 10 heteroatoms. The number of non-ortho nitro benzene ring substituents is 1. The number of anilines is 2. The SMILES string of the molecule is O=C(C1=NN(c2ccc([N+](=O)[O-])cc2)[C@]2(CCC(c3ccc(Br)cc3)=NN2c2ccccc2)S1)c1ccccc1. The van der Waals surface area contributed by atoms with Crippen molar-refractivity contribution in [2.45, 2.75) is 17.8 Å². The van der Waals surface area contributed by atoms with Crippen molar-refractivity contribution in [3.8, 4) is 0 Å². The average Bonchev–Trinajstić information content (AvgIpc) is 3.38. The van der Waals surface area contributed by atoms with E-state index < -0.39 is 9.92 Å². The average molecular weight is 613 g/mol. The second-order valence-corrected chi connectivity index (χ2v) is 11.4. The summed E-state index contributed by atoms with van der Waals surface area (Å²) in [5.74, 6) is -0.190. The molecule has 2 heterocycles. The van der Waals surface area contributed by atoms with Crippen LogP contribution in [0.2, 0.25) is 0 Å². The maximum atomic E-state index is 13.6. The number of hydrazone groups is 2. The van der Waals surface area contributed by atoms with E-state index in [1.165, 1.54) is 23.9 Å². The van der Waals surface area contributed by atoms with Gasteiger partial charge in [0.05, 0.1) is 22.0 Å². The van der Waals surface area contributed by atoms with E-state index in [1.54, 1.807) is 29.3 Å². The van der Waals surface area contributed by atoms with Crippen molar-refractivity contribution in [2.24, 2.45) is 10.2 Å². The van der Waals surface area contributed by atoms with Crippen LogP contribution in [0, 0.1) is 10.1 Å². The van der Waals surface area contributed by atoms with Crippen LogP contribution < -0.4 is 10.0 Å². The maximum absolute atomic E-state index is 13.6. The van der Waals surface area contributed by atoms with Crippen molar-refractivity contribution < 1.29 is 9.72 Å². The zero-order chi connectivity index (χ0) is 27.7. The lowest BCUT2D eigenvalue weighted by Crippen LogP contribution is -2.56. The molecule has 0 saturated heterocycles. The Hall–Kier alpha value is -4.28. The van der Waals surface area contributed by atoms with E-state index in [2.05, 4.69) is 15.9 Å². The molecule has 4 aromatic carbocycles. The van der Waals surface area contributed by atoms with Gasteiger partial charge in [-0.15, -0.1) is 0 Å². The standard InChI is InChI=1S/C30H22BrN5O3S/c31-23-13-11-21(12-14-23)27-19-20-30(34(32-27)24-9-5-2-6-10-24)35(25-15-17-26(18-16-25)36(38)39)33-29(40-30)28(37)22-7-3-1-4-8-22/h1-18H,19-20H2/t30-/m1/s1. The third-order valence-electron chi connectivity index (χ3n) is 6.73. The summed E-state index contributed by atoms with van der Waals surface area (Å²) in [4.78, 5) is 23.6. The number of nitro groups is 1. The van der Waals surface area contributed by atoms with Crippen molar-refractivity contribution in [3.05, 3.63) is 135 Å². The van der Waals surface area contributed by atoms with Crippen molar-refractivity contribution in [2.75, 3.05) is 10.0 Å². The van der Waals surface area contributed by atoms with Crippen LogP contribution in [0.15, 0.2) is 124 Å². The quantitative estimate of drug-likeness (QED) is 0.128. The molecule has 0 radical (unpaired) electrons. The van der Waals surface area contributed by atoms with E-state index in [9.17, 15) is 14.9 Å². The Labute approximate surface area is 243 Å². The first-order valence-electron chi connectivity index (χ1n) is 12.6. The van der Waals surface area contributed by atoms with Gasteiger partial charge < -0.3 is 0 Å². The zero-order valence-electron chi connectivity index (χ0n) is 21.1. The molecule has 198 valence electrons. The number of halogens is 1. The van der Waals surface area contributed by atoms with Crippen molar-refractivity contribution >= 4 is 61.3 Å². The first-order chi connectivity index (χ1) is 19.4. The molecule has 40 heavy (non-hydrogen) atoms. The minimum atomic E-state index is -0.921. The minimum Gasteiger partial charge on any atom is -0.286 e. The Morgan fingerprint density at radius 1 is 0.825 bits per heavy atom. The molecule has 0 fully saturated rings. The number of carbonyl (C=O) groups is 1. The lowest BCUT2D eigenvalue weighted by molar-refractivity contribution is -0.384. The van der Waals surface area contributed by atoms with Gasteiger partial charge in [-0.05, 0) is 60.1 Å². The van der Waals surface area contributed by atoms with Crippen LogP contribution in [0.4, 0.5) is 17.1 Å². The van der Waals surface area contributed by atoms with Crippen molar-refractivity contribution in [3.63, 3.8) is 0 Å². The molecular formula is C30H22BrN5O3S. The Morgan fingerprint density at radius 3 is 2.08 bits per heavy atom. The van der Waals surface area contributed by atoms with Crippen LogP contribution in [0.1, 0.15) is 28.8 Å². The molecule has 1 spiro atoms. The molecule has 4 aromatic rings. The third kappa shape index (κ3) is 4.80. The number of hydrogen-bond acceptors (Lipinski definition) is 8. The lowest BCUT2D eigenvalue weighted by atomic mass is 10.0. The van der Waals surface area contributed by atoms with Crippen LogP contribution in [0.3, 0.4) is 0 Å². The molecule has 0 saturated carbocycles. The maximum Gasteiger partial charge on any atom is 0.269 e. The number of Topliss-reactive ketones (excluding diaryl/α,β-unsaturated/α-hetero) is 1. The van der Waals surface area contributed by atoms with E-state index in [0.717, 1.165) is 21.4 Å². The second-order valence-electron chi connectivity index (χ2n) is 9.23. The largest absolute Gasteiger partial charge is 0.286 e. The number of para-hydroxylation sites is 1. The summed E-state index contributed by atoms with van der Waals surface area (Å²) in [6.07, 6.45) is 1.21. The molecule has 0 aromatic heterocycles. The summed E-state index contributed by atoms with van der Waals surface area (Å²) in [6.45, 7) is 0. The Bertz CT molecular complexity index is 1630. The molecule has 8 nitrogen and oxygen atoms in total. The van der Waals surface area contributed by atoms with Gasteiger partial charge in [-0.1, -0.05) is 76.6 Å². The Kier molecular flexibility index (Phi) is 6.95. The second kappa shape index (κ2) is 10.7. The molecule has 6 rings (SSSR count). The van der Waals surface area contributed by atoms with Gasteiger partial charge in [0.1, 0.15) is 0 Å². The van der Waals surface area contributed by atoms with Gasteiger partial charge in [-0.3, -0.25) is 14.9 Å².